The molecule has 1 aromatic rings. The first-order valence-electron chi connectivity index (χ1n) is 8.07. The van der Waals surface area contributed by atoms with Crippen LogP contribution in [-0.4, -0.2) is 48.1 Å². The number of hydrogen-bond donors (Lipinski definition) is 0. The SMILES string of the molecule is CN1[C@H]2CC[C@H]1CC(N1CCO[C@H]1c1ccc(Br)cc1)C2. The molecular weight excluding hydrogens is 328 g/mol. The molecule has 3 atom stereocenters. The van der Waals surface area contributed by atoms with Crippen LogP contribution in [0.5, 0.6) is 0 Å². The van der Waals surface area contributed by atoms with Gasteiger partial charge in [0.2, 0.25) is 0 Å². The van der Waals surface area contributed by atoms with Crippen LogP contribution in [0, 0.1) is 0 Å². The number of nitrogens with zero attached hydrogens (tertiary/aromatic N) is 2. The first-order chi connectivity index (χ1) is 10.2. The molecule has 0 amide bonds. The standard InChI is InChI=1S/C17H23BrN2O/c1-19-14-6-7-15(19)11-16(10-14)20-8-9-21-17(20)12-2-4-13(18)5-3-12/h2-5,14-17H,6-11H2,1H3/t14-,15-,17-/m0/s1. The molecule has 0 saturated carbocycles. The van der Waals surface area contributed by atoms with Gasteiger partial charge in [-0.3, -0.25) is 4.90 Å². The minimum Gasteiger partial charge on any atom is -0.358 e. The van der Waals surface area contributed by atoms with E-state index < -0.39 is 0 Å². The predicted molar refractivity (Wildman–Crippen MR) is 87.1 cm³/mol. The van der Waals surface area contributed by atoms with Gasteiger partial charge >= 0.3 is 0 Å². The Hall–Kier alpha value is -0.420. The Bertz CT molecular complexity index is 492. The highest BCUT2D eigenvalue weighted by molar-refractivity contribution is 9.10. The van der Waals surface area contributed by atoms with Gasteiger partial charge in [-0.1, -0.05) is 28.1 Å². The second-order valence-corrected chi connectivity index (χ2v) is 7.60. The summed E-state index contributed by atoms with van der Waals surface area (Å²) in [5.41, 5.74) is 1.29. The van der Waals surface area contributed by atoms with Crippen molar-refractivity contribution in [1.82, 2.24) is 9.80 Å². The van der Waals surface area contributed by atoms with Crippen molar-refractivity contribution in [3.8, 4) is 0 Å². The van der Waals surface area contributed by atoms with E-state index in [2.05, 4.69) is 57.0 Å². The van der Waals surface area contributed by atoms with E-state index in [9.17, 15) is 0 Å². The van der Waals surface area contributed by atoms with E-state index in [0.29, 0.717) is 6.04 Å². The van der Waals surface area contributed by atoms with Gasteiger partial charge in [-0.15, -0.1) is 0 Å². The highest BCUT2D eigenvalue weighted by Crippen LogP contribution is 2.40. The molecule has 3 saturated heterocycles. The molecule has 0 aromatic heterocycles. The molecule has 1 aromatic carbocycles. The highest BCUT2D eigenvalue weighted by atomic mass is 79.9. The van der Waals surface area contributed by atoms with Crippen molar-refractivity contribution in [3.05, 3.63) is 34.3 Å². The minimum absolute atomic E-state index is 0.158. The maximum Gasteiger partial charge on any atom is 0.137 e. The van der Waals surface area contributed by atoms with Crippen LogP contribution in [0.1, 0.15) is 37.5 Å². The van der Waals surface area contributed by atoms with Crippen LogP contribution in [0.2, 0.25) is 0 Å². The van der Waals surface area contributed by atoms with E-state index in [-0.39, 0.29) is 6.23 Å². The third-order valence-electron chi connectivity index (χ3n) is 5.62. The van der Waals surface area contributed by atoms with Crippen LogP contribution in [0.3, 0.4) is 0 Å². The summed E-state index contributed by atoms with van der Waals surface area (Å²) in [6.07, 6.45) is 5.54. The highest BCUT2D eigenvalue weighted by Gasteiger charge is 2.43. The first-order valence-corrected chi connectivity index (χ1v) is 8.86. The summed E-state index contributed by atoms with van der Waals surface area (Å²) < 4.78 is 7.19. The molecule has 0 aliphatic carbocycles. The summed E-state index contributed by atoms with van der Waals surface area (Å²) in [5.74, 6) is 0. The Labute approximate surface area is 135 Å². The lowest BCUT2D eigenvalue weighted by Crippen LogP contribution is -2.48. The van der Waals surface area contributed by atoms with Gasteiger partial charge in [0.05, 0.1) is 6.61 Å². The molecule has 0 unspecified atom stereocenters. The fourth-order valence-corrected chi connectivity index (χ4v) is 4.69. The first kappa shape index (κ1) is 14.2. The molecular formula is C17H23BrN2O. The Morgan fingerprint density at radius 2 is 1.71 bits per heavy atom. The van der Waals surface area contributed by atoms with Crippen molar-refractivity contribution in [1.29, 1.82) is 0 Å². The van der Waals surface area contributed by atoms with Crippen molar-refractivity contribution in [2.24, 2.45) is 0 Å². The number of benzene rings is 1. The molecule has 3 aliphatic heterocycles. The number of hydrogen-bond acceptors (Lipinski definition) is 3. The average molecular weight is 351 g/mol. The number of halogens is 1. The molecule has 3 fully saturated rings. The minimum atomic E-state index is 0.158. The molecule has 114 valence electrons. The fraction of sp³-hybridized carbons (Fsp3) is 0.647. The molecule has 0 radical (unpaired) electrons. The summed E-state index contributed by atoms with van der Waals surface area (Å²) in [6, 6.07) is 10.9. The molecule has 0 N–H and O–H groups in total. The molecule has 3 nitrogen and oxygen atoms in total. The van der Waals surface area contributed by atoms with Crippen LogP contribution < -0.4 is 0 Å². The quantitative estimate of drug-likeness (QED) is 0.812. The van der Waals surface area contributed by atoms with Crippen LogP contribution >= 0.6 is 15.9 Å². The smallest absolute Gasteiger partial charge is 0.137 e. The van der Waals surface area contributed by atoms with Gasteiger partial charge in [0.1, 0.15) is 6.23 Å². The third kappa shape index (κ3) is 2.56. The van der Waals surface area contributed by atoms with Gasteiger partial charge in [0.25, 0.3) is 0 Å². The van der Waals surface area contributed by atoms with Crippen LogP contribution in [-0.2, 0) is 4.74 Å². The second-order valence-electron chi connectivity index (χ2n) is 6.69. The zero-order valence-corrected chi connectivity index (χ0v) is 14.1. The van der Waals surface area contributed by atoms with E-state index in [4.69, 9.17) is 4.74 Å². The van der Waals surface area contributed by atoms with Crippen LogP contribution in [0.25, 0.3) is 0 Å². The largest absolute Gasteiger partial charge is 0.358 e. The summed E-state index contributed by atoms with van der Waals surface area (Å²) >= 11 is 3.52. The Balaban J connectivity index is 1.53. The van der Waals surface area contributed by atoms with Gasteiger partial charge < -0.3 is 9.64 Å². The number of ether oxygens (including phenoxy) is 1. The third-order valence-corrected chi connectivity index (χ3v) is 6.15. The van der Waals surface area contributed by atoms with Gasteiger partial charge in [0, 0.05) is 29.1 Å². The average Bonchev–Trinajstić information content (AvgIpc) is 3.02. The fourth-order valence-electron chi connectivity index (χ4n) is 4.43. The number of fused-ring (bicyclic) bond motifs is 2. The van der Waals surface area contributed by atoms with Crippen LogP contribution in [0.15, 0.2) is 28.7 Å². The van der Waals surface area contributed by atoms with Crippen molar-refractivity contribution in [3.63, 3.8) is 0 Å². The monoisotopic (exact) mass is 350 g/mol. The zero-order chi connectivity index (χ0) is 14.4. The zero-order valence-electron chi connectivity index (χ0n) is 12.5. The molecule has 0 spiro atoms. The summed E-state index contributed by atoms with van der Waals surface area (Å²) in [6.45, 7) is 1.94. The normalized spacial score (nSPS) is 37.2. The summed E-state index contributed by atoms with van der Waals surface area (Å²) in [4.78, 5) is 5.23. The Morgan fingerprint density at radius 3 is 2.38 bits per heavy atom. The second kappa shape index (κ2) is 5.65. The molecule has 3 heterocycles. The van der Waals surface area contributed by atoms with E-state index in [1.807, 2.05) is 0 Å². The summed E-state index contributed by atoms with van der Waals surface area (Å²) in [5, 5.41) is 0. The van der Waals surface area contributed by atoms with E-state index in [0.717, 1.165) is 29.7 Å². The van der Waals surface area contributed by atoms with Crippen molar-refractivity contribution in [2.45, 2.75) is 50.0 Å². The van der Waals surface area contributed by atoms with Gasteiger partial charge in [-0.25, -0.2) is 0 Å². The number of piperidine rings is 1. The molecule has 2 bridgehead atoms. The Morgan fingerprint density at radius 1 is 1.05 bits per heavy atom. The van der Waals surface area contributed by atoms with Crippen LogP contribution in [0.4, 0.5) is 0 Å². The lowest BCUT2D eigenvalue weighted by molar-refractivity contribution is -0.0145. The van der Waals surface area contributed by atoms with E-state index in [1.54, 1.807) is 0 Å². The molecule has 4 rings (SSSR count). The van der Waals surface area contributed by atoms with Gasteiger partial charge in [-0.05, 0) is 50.4 Å². The lowest BCUT2D eigenvalue weighted by Gasteiger charge is -2.41. The molecule has 21 heavy (non-hydrogen) atoms. The van der Waals surface area contributed by atoms with Gasteiger partial charge in [0.15, 0.2) is 0 Å². The molecule has 4 heteroatoms. The maximum absolute atomic E-state index is 6.06. The lowest BCUT2D eigenvalue weighted by atomic mass is 9.96. The van der Waals surface area contributed by atoms with Crippen molar-refractivity contribution >= 4 is 15.9 Å². The van der Waals surface area contributed by atoms with E-state index in [1.165, 1.54) is 31.2 Å². The number of rotatable bonds is 2. The van der Waals surface area contributed by atoms with Crippen molar-refractivity contribution in [2.75, 3.05) is 20.2 Å². The predicted octanol–water partition coefficient (Wildman–Crippen LogP) is 3.41. The topological polar surface area (TPSA) is 15.7 Å². The maximum atomic E-state index is 6.06. The Kier molecular flexibility index (Phi) is 3.82. The molecule has 3 aliphatic rings. The summed E-state index contributed by atoms with van der Waals surface area (Å²) in [7, 11) is 2.31. The van der Waals surface area contributed by atoms with Crippen molar-refractivity contribution < 1.29 is 4.74 Å². The van der Waals surface area contributed by atoms with E-state index >= 15 is 0 Å². The van der Waals surface area contributed by atoms with Gasteiger partial charge in [-0.2, -0.15) is 0 Å².